The van der Waals surface area contributed by atoms with Crippen molar-refractivity contribution in [3.05, 3.63) is 126 Å². The standard InChI is InChI=1S/C32H29N3O3/c1-3-34-32(33-31-21-26(22-36)15-14-24(31)2)38-30(23-37-34)20-25-16-18-29(19-17-25)35(27-10-6-4-7-11-27)28-12-8-5-9-13-28/h4-22H,3,23H2,1-2H3/b30-20+,33-32?. The molecule has 6 nitrogen and oxygen atoms in total. The number of nitrogens with zero attached hydrogens (tertiary/aromatic N) is 3. The predicted molar refractivity (Wildman–Crippen MR) is 152 cm³/mol. The molecule has 4 aromatic rings. The summed E-state index contributed by atoms with van der Waals surface area (Å²) >= 11 is 0. The van der Waals surface area contributed by atoms with Gasteiger partial charge < -0.3 is 9.64 Å². The third-order valence-electron chi connectivity index (χ3n) is 6.18. The highest BCUT2D eigenvalue weighted by atomic mass is 16.7. The minimum absolute atomic E-state index is 0.294. The number of benzene rings is 4. The van der Waals surface area contributed by atoms with E-state index in [1.807, 2.05) is 62.4 Å². The Morgan fingerprint density at radius 2 is 1.45 bits per heavy atom. The number of aldehydes is 1. The lowest BCUT2D eigenvalue weighted by Gasteiger charge is -2.29. The molecule has 190 valence electrons. The van der Waals surface area contributed by atoms with Gasteiger partial charge in [0.1, 0.15) is 18.7 Å². The van der Waals surface area contributed by atoms with Crippen LogP contribution in [0.1, 0.15) is 28.4 Å². The normalized spacial score (nSPS) is 15.4. The van der Waals surface area contributed by atoms with Crippen LogP contribution in [0, 0.1) is 6.92 Å². The highest BCUT2D eigenvalue weighted by Crippen LogP contribution is 2.34. The summed E-state index contributed by atoms with van der Waals surface area (Å²) in [5.74, 6) is 0.647. The van der Waals surface area contributed by atoms with E-state index in [9.17, 15) is 4.79 Å². The number of hydrogen-bond donors (Lipinski definition) is 0. The number of rotatable bonds is 7. The van der Waals surface area contributed by atoms with Crippen molar-refractivity contribution in [2.24, 2.45) is 4.99 Å². The Morgan fingerprint density at radius 3 is 2.05 bits per heavy atom. The van der Waals surface area contributed by atoms with Crippen molar-refractivity contribution in [2.75, 3.05) is 18.1 Å². The van der Waals surface area contributed by atoms with Crippen molar-refractivity contribution in [1.82, 2.24) is 5.06 Å². The number of ether oxygens (including phenoxy) is 1. The molecule has 0 radical (unpaired) electrons. The molecule has 0 N–H and O–H groups in total. The number of anilines is 3. The molecular formula is C32H29N3O3. The van der Waals surface area contributed by atoms with Gasteiger partial charge in [-0.05, 0) is 73.5 Å². The van der Waals surface area contributed by atoms with Gasteiger partial charge in [0.05, 0.1) is 5.69 Å². The summed E-state index contributed by atoms with van der Waals surface area (Å²) in [5.41, 5.74) is 6.37. The Bertz CT molecular complexity index is 1410. The maximum absolute atomic E-state index is 11.2. The molecule has 0 atom stereocenters. The van der Waals surface area contributed by atoms with E-state index in [2.05, 4.69) is 58.4 Å². The Balaban J connectivity index is 1.41. The van der Waals surface area contributed by atoms with Crippen LogP contribution in [0.3, 0.4) is 0 Å². The molecule has 0 aliphatic carbocycles. The van der Waals surface area contributed by atoms with Crippen molar-refractivity contribution < 1.29 is 14.4 Å². The second-order valence-electron chi connectivity index (χ2n) is 8.84. The van der Waals surface area contributed by atoms with Crippen LogP contribution in [0.15, 0.2) is 114 Å². The van der Waals surface area contributed by atoms with Gasteiger partial charge in [0.2, 0.25) is 0 Å². The molecule has 4 aromatic carbocycles. The van der Waals surface area contributed by atoms with Crippen molar-refractivity contribution in [3.8, 4) is 0 Å². The Labute approximate surface area is 223 Å². The van der Waals surface area contributed by atoms with E-state index in [0.29, 0.717) is 36.2 Å². The molecule has 0 amide bonds. The first-order valence-corrected chi connectivity index (χ1v) is 12.6. The van der Waals surface area contributed by atoms with Crippen LogP contribution < -0.4 is 4.90 Å². The minimum Gasteiger partial charge on any atom is -0.426 e. The number of para-hydroxylation sites is 2. The van der Waals surface area contributed by atoms with E-state index in [-0.39, 0.29) is 0 Å². The smallest absolute Gasteiger partial charge is 0.322 e. The lowest BCUT2D eigenvalue weighted by molar-refractivity contribution is -0.130. The van der Waals surface area contributed by atoms with Gasteiger partial charge in [0, 0.05) is 29.2 Å². The van der Waals surface area contributed by atoms with E-state index in [4.69, 9.17) is 9.57 Å². The molecule has 1 heterocycles. The summed E-state index contributed by atoms with van der Waals surface area (Å²) in [6.07, 6.45) is 2.76. The van der Waals surface area contributed by atoms with Gasteiger partial charge in [-0.3, -0.25) is 9.63 Å². The largest absolute Gasteiger partial charge is 0.426 e. The molecule has 1 aliphatic heterocycles. The molecule has 0 saturated carbocycles. The maximum atomic E-state index is 11.2. The molecule has 38 heavy (non-hydrogen) atoms. The third kappa shape index (κ3) is 5.66. The summed E-state index contributed by atoms with van der Waals surface area (Å²) in [6.45, 7) is 4.77. The topological polar surface area (TPSA) is 54.4 Å². The quantitative estimate of drug-likeness (QED) is 0.243. The fraction of sp³-hybridized carbons (Fsp3) is 0.125. The first kappa shape index (κ1) is 25.0. The Kier molecular flexibility index (Phi) is 7.62. The number of aliphatic imine (C=N–C) groups is 1. The lowest BCUT2D eigenvalue weighted by atomic mass is 10.1. The Hall–Kier alpha value is -4.68. The van der Waals surface area contributed by atoms with Gasteiger partial charge >= 0.3 is 6.02 Å². The predicted octanol–water partition coefficient (Wildman–Crippen LogP) is 7.59. The highest BCUT2D eigenvalue weighted by Gasteiger charge is 2.22. The van der Waals surface area contributed by atoms with Crippen molar-refractivity contribution in [2.45, 2.75) is 13.8 Å². The van der Waals surface area contributed by atoms with Crippen LogP contribution in [0.2, 0.25) is 0 Å². The van der Waals surface area contributed by atoms with E-state index >= 15 is 0 Å². The zero-order valence-corrected chi connectivity index (χ0v) is 21.5. The van der Waals surface area contributed by atoms with E-state index in [1.165, 1.54) is 0 Å². The third-order valence-corrected chi connectivity index (χ3v) is 6.18. The first-order chi connectivity index (χ1) is 18.6. The molecule has 6 heteroatoms. The summed E-state index contributed by atoms with van der Waals surface area (Å²) in [5, 5.41) is 1.62. The zero-order chi connectivity index (χ0) is 26.3. The van der Waals surface area contributed by atoms with Gasteiger partial charge in [-0.2, -0.15) is 4.99 Å². The van der Waals surface area contributed by atoms with E-state index in [0.717, 1.165) is 34.5 Å². The number of carbonyl (C=O) groups is 1. The van der Waals surface area contributed by atoms with Gasteiger partial charge in [-0.1, -0.05) is 60.7 Å². The summed E-state index contributed by atoms with van der Waals surface area (Å²) in [6, 6.07) is 34.6. The highest BCUT2D eigenvalue weighted by molar-refractivity contribution is 5.82. The van der Waals surface area contributed by atoms with Crippen molar-refractivity contribution in [3.63, 3.8) is 0 Å². The SMILES string of the molecule is CCN1OC/C(=C\c2ccc(N(c3ccccc3)c3ccccc3)cc2)OC1=Nc1cc(C=O)ccc1C. The van der Waals surface area contributed by atoms with Gasteiger partial charge in [0.25, 0.3) is 0 Å². The zero-order valence-electron chi connectivity index (χ0n) is 21.5. The number of carbonyl (C=O) groups excluding carboxylic acids is 1. The fourth-order valence-electron chi connectivity index (χ4n) is 4.20. The average Bonchev–Trinajstić information content (AvgIpc) is 2.97. The Morgan fingerprint density at radius 1 is 0.842 bits per heavy atom. The minimum atomic E-state index is 0.294. The molecule has 0 bridgehead atoms. The van der Waals surface area contributed by atoms with Crippen molar-refractivity contribution >= 4 is 41.1 Å². The molecule has 1 fully saturated rings. The number of aryl methyl sites for hydroxylation is 1. The lowest BCUT2D eigenvalue weighted by Crippen LogP contribution is -2.38. The van der Waals surface area contributed by atoms with Crippen LogP contribution in [0.5, 0.6) is 0 Å². The molecule has 0 aromatic heterocycles. The van der Waals surface area contributed by atoms with Crippen LogP contribution in [-0.4, -0.2) is 30.5 Å². The number of hydrogen-bond acceptors (Lipinski definition) is 5. The van der Waals surface area contributed by atoms with Gasteiger partial charge in [0.15, 0.2) is 0 Å². The van der Waals surface area contributed by atoms with Crippen LogP contribution in [0.25, 0.3) is 6.08 Å². The molecule has 0 spiro atoms. The fourth-order valence-corrected chi connectivity index (χ4v) is 4.20. The first-order valence-electron chi connectivity index (χ1n) is 12.6. The molecule has 0 unspecified atom stereocenters. The van der Waals surface area contributed by atoms with E-state index in [1.54, 1.807) is 17.2 Å². The molecular weight excluding hydrogens is 474 g/mol. The molecule has 5 rings (SSSR count). The second kappa shape index (κ2) is 11.6. The molecule has 1 aliphatic rings. The second-order valence-corrected chi connectivity index (χ2v) is 8.84. The number of hydroxylamine groups is 2. The summed E-state index contributed by atoms with van der Waals surface area (Å²) in [4.78, 5) is 24.0. The molecule has 1 saturated heterocycles. The van der Waals surface area contributed by atoms with E-state index < -0.39 is 0 Å². The van der Waals surface area contributed by atoms with Gasteiger partial charge in [-0.25, -0.2) is 5.06 Å². The van der Waals surface area contributed by atoms with Crippen LogP contribution in [-0.2, 0) is 9.57 Å². The average molecular weight is 504 g/mol. The van der Waals surface area contributed by atoms with Crippen molar-refractivity contribution in [1.29, 1.82) is 0 Å². The monoisotopic (exact) mass is 503 g/mol. The summed E-state index contributed by atoms with van der Waals surface area (Å²) in [7, 11) is 0. The van der Waals surface area contributed by atoms with Crippen LogP contribution in [0.4, 0.5) is 22.7 Å². The summed E-state index contributed by atoms with van der Waals surface area (Å²) < 4.78 is 6.16. The maximum Gasteiger partial charge on any atom is 0.322 e. The van der Waals surface area contributed by atoms with Crippen LogP contribution >= 0.6 is 0 Å². The number of amidine groups is 1. The van der Waals surface area contributed by atoms with Gasteiger partial charge in [-0.15, -0.1) is 0 Å².